The second kappa shape index (κ2) is 15.9. The van der Waals surface area contributed by atoms with E-state index in [1.807, 2.05) is 13.0 Å². The Bertz CT molecular complexity index is 1420. The number of carbonyl (C=O) groups excluding carboxylic acids is 6. The zero-order valence-electron chi connectivity index (χ0n) is 26.1. The Morgan fingerprint density at radius 3 is 2.04 bits per heavy atom. The lowest BCUT2D eigenvalue weighted by atomic mass is 9.98. The van der Waals surface area contributed by atoms with E-state index in [1.165, 1.54) is 17.0 Å². The first-order valence-corrected chi connectivity index (χ1v) is 15.6. The predicted molar refractivity (Wildman–Crippen MR) is 168 cm³/mol. The number of phenols is 1. The minimum Gasteiger partial charge on any atom is -0.508 e. The molecule has 0 radical (unpaired) electrons. The fourth-order valence-corrected chi connectivity index (χ4v) is 5.64. The molecule has 6 N–H and O–H groups in total. The SMILES string of the molecule is CC[C@H](C)[C@@H]1NC(=O)CNC(=O)[C@@H]2CCCN2C(=O)[C@H](Cc2ccc(O)cc2)NC(=O)[C@H](Cc2ccccc2)NC(=O)CNC1=O. The topological polar surface area (TPSA) is 186 Å². The van der Waals surface area contributed by atoms with Gasteiger partial charge in [0.2, 0.25) is 35.4 Å². The van der Waals surface area contributed by atoms with Crippen LogP contribution in [0.1, 0.15) is 44.2 Å². The molecule has 2 fully saturated rings. The van der Waals surface area contributed by atoms with Crippen molar-refractivity contribution in [2.45, 2.75) is 70.1 Å². The van der Waals surface area contributed by atoms with Gasteiger partial charge in [0.05, 0.1) is 13.1 Å². The van der Waals surface area contributed by atoms with Crippen molar-refractivity contribution in [3.05, 3.63) is 65.7 Å². The number of amides is 6. The fraction of sp³-hybridized carbons (Fsp3) is 0.455. The lowest BCUT2D eigenvalue weighted by molar-refractivity contribution is -0.142. The minimum absolute atomic E-state index is 0.0392. The summed E-state index contributed by atoms with van der Waals surface area (Å²) in [6.07, 6.45) is 1.62. The zero-order chi connectivity index (χ0) is 33.2. The molecule has 2 aromatic carbocycles. The van der Waals surface area contributed by atoms with Gasteiger partial charge >= 0.3 is 0 Å². The van der Waals surface area contributed by atoms with Crippen LogP contribution in [0.15, 0.2) is 54.6 Å². The first-order valence-electron chi connectivity index (χ1n) is 15.6. The second-order valence-corrected chi connectivity index (χ2v) is 11.8. The molecule has 2 aliphatic heterocycles. The van der Waals surface area contributed by atoms with Crippen molar-refractivity contribution in [3.8, 4) is 5.75 Å². The molecule has 0 saturated carbocycles. The van der Waals surface area contributed by atoms with Crippen LogP contribution >= 0.6 is 0 Å². The van der Waals surface area contributed by atoms with Crippen LogP contribution < -0.4 is 26.6 Å². The summed E-state index contributed by atoms with van der Waals surface area (Å²) < 4.78 is 0. The van der Waals surface area contributed by atoms with E-state index < -0.39 is 72.7 Å². The molecule has 2 aromatic rings. The van der Waals surface area contributed by atoms with E-state index in [1.54, 1.807) is 43.3 Å². The van der Waals surface area contributed by atoms with Crippen LogP contribution in [0.2, 0.25) is 0 Å². The van der Waals surface area contributed by atoms with Crippen LogP contribution in [0.25, 0.3) is 0 Å². The number of fused-ring (bicyclic) bond motifs is 1. The molecule has 0 aromatic heterocycles. The monoisotopic (exact) mass is 634 g/mol. The summed E-state index contributed by atoms with van der Waals surface area (Å²) in [4.78, 5) is 81.5. The number of hydrogen-bond donors (Lipinski definition) is 6. The number of benzene rings is 2. The molecule has 2 aliphatic rings. The van der Waals surface area contributed by atoms with E-state index in [9.17, 15) is 33.9 Å². The third-order valence-electron chi connectivity index (χ3n) is 8.42. The number of rotatable bonds is 6. The standard InChI is InChI=1S/C33H42N6O7/c1-3-20(2)29-32(45)35-18-27(41)36-24(16-21-8-5-4-6-9-21)30(43)37-25(17-22-11-13-23(40)14-12-22)33(46)39-15-7-10-26(39)31(44)34-19-28(42)38-29/h4-6,8-9,11-14,20,24-26,29,40H,3,7,10,15-19H2,1-2H3,(H,34,44)(H,35,45)(H,36,41)(H,37,43)(H,38,42)/t20-,24-,25-,26-,29-/m0/s1. The van der Waals surface area contributed by atoms with Crippen LogP contribution in [-0.4, -0.2) is 89.3 Å². The van der Waals surface area contributed by atoms with Gasteiger partial charge in [0, 0.05) is 19.4 Å². The highest BCUT2D eigenvalue weighted by molar-refractivity contribution is 5.97. The molecule has 4 rings (SSSR count). The summed E-state index contributed by atoms with van der Waals surface area (Å²) >= 11 is 0. The molecule has 2 saturated heterocycles. The van der Waals surface area contributed by atoms with E-state index in [-0.39, 0.29) is 31.1 Å². The van der Waals surface area contributed by atoms with Crippen LogP contribution in [-0.2, 0) is 41.6 Å². The summed E-state index contributed by atoms with van der Waals surface area (Å²) in [7, 11) is 0. The number of carbonyl (C=O) groups is 6. The number of phenolic OH excluding ortho intramolecular Hbond substituents is 1. The van der Waals surface area contributed by atoms with Gasteiger partial charge in [-0.15, -0.1) is 0 Å². The largest absolute Gasteiger partial charge is 0.508 e. The lowest BCUT2D eigenvalue weighted by Crippen LogP contribution is -2.59. The lowest BCUT2D eigenvalue weighted by Gasteiger charge is -2.30. The van der Waals surface area contributed by atoms with Crippen molar-refractivity contribution in [2.24, 2.45) is 5.92 Å². The van der Waals surface area contributed by atoms with Crippen LogP contribution in [0.3, 0.4) is 0 Å². The molecule has 13 heteroatoms. The Kier molecular flexibility index (Phi) is 11.7. The molecular weight excluding hydrogens is 592 g/mol. The van der Waals surface area contributed by atoms with E-state index in [0.717, 1.165) is 5.56 Å². The molecule has 5 atom stereocenters. The highest BCUT2D eigenvalue weighted by atomic mass is 16.3. The van der Waals surface area contributed by atoms with Gasteiger partial charge in [-0.2, -0.15) is 0 Å². The number of aromatic hydroxyl groups is 1. The average Bonchev–Trinajstić information content (AvgIpc) is 3.55. The van der Waals surface area contributed by atoms with Gasteiger partial charge < -0.3 is 36.6 Å². The van der Waals surface area contributed by atoms with Crippen molar-refractivity contribution in [3.63, 3.8) is 0 Å². The number of nitrogens with one attached hydrogen (secondary N) is 5. The van der Waals surface area contributed by atoms with Crippen molar-refractivity contribution >= 4 is 35.4 Å². The van der Waals surface area contributed by atoms with Crippen molar-refractivity contribution in [2.75, 3.05) is 19.6 Å². The Hall–Kier alpha value is -4.94. The van der Waals surface area contributed by atoms with Crippen molar-refractivity contribution < 1.29 is 33.9 Å². The maximum atomic E-state index is 14.0. The zero-order valence-corrected chi connectivity index (χ0v) is 26.1. The van der Waals surface area contributed by atoms with Crippen LogP contribution in [0, 0.1) is 5.92 Å². The predicted octanol–water partition coefficient (Wildman–Crippen LogP) is -0.0851. The maximum Gasteiger partial charge on any atom is 0.246 e. The molecule has 13 nitrogen and oxygen atoms in total. The van der Waals surface area contributed by atoms with Crippen molar-refractivity contribution in [1.29, 1.82) is 0 Å². The first-order chi connectivity index (χ1) is 22.0. The summed E-state index contributed by atoms with van der Waals surface area (Å²) in [6.45, 7) is 3.05. The molecule has 0 unspecified atom stereocenters. The first kappa shape index (κ1) is 33.9. The molecular formula is C33H42N6O7. The summed E-state index contributed by atoms with van der Waals surface area (Å²) in [5.74, 6) is -3.66. The van der Waals surface area contributed by atoms with Gasteiger partial charge in [0.25, 0.3) is 0 Å². The summed E-state index contributed by atoms with van der Waals surface area (Å²) in [5, 5.41) is 23.0. The number of nitrogens with zero attached hydrogens (tertiary/aromatic N) is 1. The smallest absolute Gasteiger partial charge is 0.246 e. The van der Waals surface area contributed by atoms with E-state index in [0.29, 0.717) is 24.8 Å². The van der Waals surface area contributed by atoms with E-state index >= 15 is 0 Å². The van der Waals surface area contributed by atoms with Gasteiger partial charge in [-0.1, -0.05) is 62.7 Å². The summed E-state index contributed by atoms with van der Waals surface area (Å²) in [5.41, 5.74) is 1.41. The van der Waals surface area contributed by atoms with Gasteiger partial charge in [0.1, 0.15) is 29.9 Å². The quantitative estimate of drug-likeness (QED) is 0.256. The second-order valence-electron chi connectivity index (χ2n) is 11.8. The molecule has 0 aliphatic carbocycles. The normalized spacial score (nSPS) is 24.3. The van der Waals surface area contributed by atoms with Gasteiger partial charge in [-0.25, -0.2) is 0 Å². The summed E-state index contributed by atoms with van der Waals surface area (Å²) in [6, 6.07) is 11.2. The van der Waals surface area contributed by atoms with Gasteiger partial charge in [-0.05, 0) is 42.0 Å². The van der Waals surface area contributed by atoms with Crippen LogP contribution in [0.5, 0.6) is 5.75 Å². The molecule has 0 bridgehead atoms. The highest BCUT2D eigenvalue weighted by Crippen LogP contribution is 2.21. The maximum absolute atomic E-state index is 14.0. The van der Waals surface area contributed by atoms with Gasteiger partial charge in [0.15, 0.2) is 0 Å². The van der Waals surface area contributed by atoms with E-state index in [2.05, 4.69) is 26.6 Å². The molecule has 46 heavy (non-hydrogen) atoms. The Labute approximate surface area is 267 Å². The molecule has 246 valence electrons. The third-order valence-corrected chi connectivity index (χ3v) is 8.42. The molecule has 0 spiro atoms. The molecule has 6 amide bonds. The van der Waals surface area contributed by atoms with E-state index in [4.69, 9.17) is 0 Å². The third kappa shape index (κ3) is 9.05. The minimum atomic E-state index is -1.11. The fourth-order valence-electron chi connectivity index (χ4n) is 5.64. The number of hydrogen-bond acceptors (Lipinski definition) is 7. The molecule has 2 heterocycles. The Morgan fingerprint density at radius 1 is 0.761 bits per heavy atom. The Balaban J connectivity index is 1.67. The van der Waals surface area contributed by atoms with Crippen LogP contribution in [0.4, 0.5) is 0 Å². The van der Waals surface area contributed by atoms with Crippen molar-refractivity contribution in [1.82, 2.24) is 31.5 Å². The average molecular weight is 635 g/mol. The Morgan fingerprint density at radius 2 is 1.37 bits per heavy atom. The van der Waals surface area contributed by atoms with Gasteiger partial charge in [-0.3, -0.25) is 28.8 Å². The highest BCUT2D eigenvalue weighted by Gasteiger charge is 2.39.